The molecule has 10 atom stereocenters. The number of hydrogen-bond donors (Lipinski definition) is 0. The molecule has 11 nitrogen and oxygen atoms in total. The van der Waals surface area contributed by atoms with E-state index in [-0.39, 0.29) is 19.8 Å². The second-order valence-electron chi connectivity index (χ2n) is 15.9. The highest BCUT2D eigenvalue weighted by atomic mass is 16.9. The third kappa shape index (κ3) is 10.2. The second-order valence-corrected chi connectivity index (χ2v) is 15.9. The van der Waals surface area contributed by atoms with Crippen LogP contribution in [0.5, 0.6) is 0 Å². The van der Waals surface area contributed by atoms with Crippen LogP contribution in [0, 0.1) is 0 Å². The zero-order chi connectivity index (χ0) is 39.2. The summed E-state index contributed by atoms with van der Waals surface area (Å²) in [5.41, 5.74) is 4.02. The SMILES string of the molecule is CC1(C)O[C@H]2O[C@H]([C@H]3COC(C)(C)O3)[C@H](O[C@H]3OC[C@@H](OCc4ccccc4)[C@H](OCc4ccccc4)[C@@H](OCc4ccccc4)[C@@H]3OCc3ccccc3)[C@H]2O1. The van der Waals surface area contributed by atoms with E-state index in [2.05, 4.69) is 0 Å². The average Bonchev–Trinajstić information content (AvgIpc) is 3.82. The van der Waals surface area contributed by atoms with Crippen LogP contribution in [-0.4, -0.2) is 86.2 Å². The van der Waals surface area contributed by atoms with E-state index in [1.807, 2.05) is 149 Å². The fourth-order valence-electron chi connectivity index (χ4n) is 7.83. The number of benzene rings is 4. The number of ether oxygens (including phenoxy) is 11. The summed E-state index contributed by atoms with van der Waals surface area (Å²) in [6.07, 6.45) is -6.76. The van der Waals surface area contributed by atoms with Crippen molar-refractivity contribution >= 4 is 0 Å². The maximum atomic E-state index is 7.13. The van der Waals surface area contributed by atoms with Crippen LogP contribution < -0.4 is 0 Å². The summed E-state index contributed by atoms with van der Waals surface area (Å²) in [7, 11) is 0. The molecule has 4 aliphatic rings. The predicted octanol–water partition coefficient (Wildman–Crippen LogP) is 7.10. The van der Waals surface area contributed by atoms with Gasteiger partial charge in [-0.1, -0.05) is 121 Å². The van der Waals surface area contributed by atoms with Crippen LogP contribution in [0.2, 0.25) is 0 Å². The first-order chi connectivity index (χ1) is 27.7. The lowest BCUT2D eigenvalue weighted by atomic mass is 10.0. The number of fused-ring (bicyclic) bond motifs is 1. The minimum atomic E-state index is -0.986. The average molecular weight is 783 g/mol. The van der Waals surface area contributed by atoms with Gasteiger partial charge in [0.25, 0.3) is 0 Å². The first-order valence-corrected chi connectivity index (χ1v) is 19.9. The lowest BCUT2D eigenvalue weighted by Gasteiger charge is -2.37. The topological polar surface area (TPSA) is 102 Å². The maximum Gasteiger partial charge on any atom is 0.190 e. The Labute approximate surface area is 335 Å². The van der Waals surface area contributed by atoms with Gasteiger partial charge in [-0.2, -0.15) is 0 Å². The fraction of sp³-hybridized carbons (Fsp3) is 0.478. The van der Waals surface area contributed by atoms with Crippen molar-refractivity contribution in [1.82, 2.24) is 0 Å². The molecule has 0 aliphatic carbocycles. The highest BCUT2D eigenvalue weighted by Gasteiger charge is 2.60. The van der Waals surface area contributed by atoms with Crippen molar-refractivity contribution in [3.63, 3.8) is 0 Å². The first kappa shape index (κ1) is 40.2. The largest absolute Gasteiger partial charge is 0.368 e. The molecule has 0 spiro atoms. The molecule has 304 valence electrons. The van der Waals surface area contributed by atoms with Crippen molar-refractivity contribution in [1.29, 1.82) is 0 Å². The van der Waals surface area contributed by atoms with Gasteiger partial charge in [0.1, 0.15) is 48.8 Å². The summed E-state index contributed by atoms with van der Waals surface area (Å²) in [5, 5.41) is 0. The van der Waals surface area contributed by atoms with E-state index in [0.717, 1.165) is 22.3 Å². The van der Waals surface area contributed by atoms with Gasteiger partial charge in [0, 0.05) is 0 Å². The van der Waals surface area contributed by atoms with E-state index in [0.29, 0.717) is 19.8 Å². The Morgan fingerprint density at radius 3 is 1.49 bits per heavy atom. The van der Waals surface area contributed by atoms with Gasteiger partial charge in [-0.3, -0.25) is 0 Å². The Balaban J connectivity index is 1.16. The van der Waals surface area contributed by atoms with Crippen molar-refractivity contribution in [2.24, 2.45) is 0 Å². The summed E-state index contributed by atoms with van der Waals surface area (Å²) in [6.45, 7) is 9.14. The fourth-order valence-corrected chi connectivity index (χ4v) is 7.83. The monoisotopic (exact) mass is 782 g/mol. The van der Waals surface area contributed by atoms with Gasteiger partial charge in [-0.25, -0.2) is 0 Å². The minimum absolute atomic E-state index is 0.124. The molecule has 0 saturated carbocycles. The van der Waals surface area contributed by atoms with Gasteiger partial charge in [0.2, 0.25) is 0 Å². The van der Waals surface area contributed by atoms with E-state index in [9.17, 15) is 0 Å². The Hall–Kier alpha value is -3.56. The van der Waals surface area contributed by atoms with E-state index in [4.69, 9.17) is 52.1 Å². The zero-order valence-corrected chi connectivity index (χ0v) is 33.1. The summed E-state index contributed by atoms with van der Waals surface area (Å²) < 4.78 is 73.1. The van der Waals surface area contributed by atoms with Crippen molar-refractivity contribution in [2.45, 2.75) is 127 Å². The summed E-state index contributed by atoms with van der Waals surface area (Å²) in [4.78, 5) is 0. The molecule has 0 radical (unpaired) electrons. The van der Waals surface area contributed by atoms with E-state index in [1.54, 1.807) is 0 Å². The van der Waals surface area contributed by atoms with Crippen molar-refractivity contribution in [2.75, 3.05) is 13.2 Å². The second kappa shape index (κ2) is 18.1. The third-order valence-corrected chi connectivity index (χ3v) is 10.6. The number of hydrogen-bond acceptors (Lipinski definition) is 11. The predicted molar refractivity (Wildman–Crippen MR) is 208 cm³/mol. The van der Waals surface area contributed by atoms with Gasteiger partial charge >= 0.3 is 0 Å². The standard InChI is InChI=1S/C46H54O11/c1-45(2)52-30-36(55-45)38-40(42-44(53-38)57-46(3,4)56-42)54-43-41(50-28-34-23-15-8-16-24-34)39(49-27-33-21-13-7-14-22-33)37(48-26-32-19-11-6-12-20-32)35(29-51-43)47-25-31-17-9-5-10-18-31/h5-24,35-44H,25-30H2,1-4H3/t35-,36-,37+,38-,39-,40+,41+,42-,43-,44-/m1/s1. The lowest BCUT2D eigenvalue weighted by molar-refractivity contribution is -0.283. The van der Waals surface area contributed by atoms with Gasteiger partial charge in [0.15, 0.2) is 24.2 Å². The molecule has 4 aromatic rings. The molecule has 4 aromatic carbocycles. The van der Waals surface area contributed by atoms with Crippen LogP contribution in [0.15, 0.2) is 121 Å². The molecule has 0 unspecified atom stereocenters. The van der Waals surface area contributed by atoms with Gasteiger partial charge < -0.3 is 52.1 Å². The molecule has 4 fully saturated rings. The Morgan fingerprint density at radius 2 is 0.982 bits per heavy atom. The van der Waals surface area contributed by atoms with E-state index in [1.165, 1.54) is 0 Å². The van der Waals surface area contributed by atoms with Crippen LogP contribution in [0.25, 0.3) is 0 Å². The van der Waals surface area contributed by atoms with E-state index >= 15 is 0 Å². The Kier molecular flexibility index (Phi) is 12.8. The first-order valence-electron chi connectivity index (χ1n) is 19.9. The minimum Gasteiger partial charge on any atom is -0.368 e. The molecule has 4 aliphatic heterocycles. The molecular formula is C46H54O11. The smallest absolute Gasteiger partial charge is 0.190 e. The quantitative estimate of drug-likeness (QED) is 0.124. The highest BCUT2D eigenvalue weighted by molar-refractivity contribution is 5.17. The molecule has 4 heterocycles. The van der Waals surface area contributed by atoms with Crippen LogP contribution in [-0.2, 0) is 78.5 Å². The molecule has 57 heavy (non-hydrogen) atoms. The molecule has 0 N–H and O–H groups in total. The van der Waals surface area contributed by atoms with Crippen molar-refractivity contribution in [3.8, 4) is 0 Å². The van der Waals surface area contributed by atoms with Gasteiger partial charge in [-0.15, -0.1) is 0 Å². The maximum absolute atomic E-state index is 7.13. The summed E-state index contributed by atoms with van der Waals surface area (Å²) in [5.74, 6) is -1.68. The van der Waals surface area contributed by atoms with Crippen LogP contribution in [0.4, 0.5) is 0 Å². The zero-order valence-electron chi connectivity index (χ0n) is 33.1. The Bertz CT molecular complexity index is 1810. The molecule has 0 bridgehead atoms. The van der Waals surface area contributed by atoms with Crippen LogP contribution >= 0.6 is 0 Å². The van der Waals surface area contributed by atoms with E-state index < -0.39 is 73.0 Å². The van der Waals surface area contributed by atoms with Crippen LogP contribution in [0.1, 0.15) is 49.9 Å². The third-order valence-electron chi connectivity index (χ3n) is 10.6. The van der Waals surface area contributed by atoms with Crippen molar-refractivity contribution < 1.29 is 52.1 Å². The van der Waals surface area contributed by atoms with Gasteiger partial charge in [-0.05, 0) is 49.9 Å². The van der Waals surface area contributed by atoms with Crippen molar-refractivity contribution in [3.05, 3.63) is 144 Å². The van der Waals surface area contributed by atoms with Crippen LogP contribution in [0.3, 0.4) is 0 Å². The molecule has 8 rings (SSSR count). The lowest BCUT2D eigenvalue weighted by Crippen LogP contribution is -2.53. The Morgan fingerprint density at radius 1 is 0.491 bits per heavy atom. The van der Waals surface area contributed by atoms with Gasteiger partial charge in [0.05, 0.1) is 39.6 Å². The summed E-state index contributed by atoms with van der Waals surface area (Å²) in [6, 6.07) is 40.2. The highest BCUT2D eigenvalue weighted by Crippen LogP contribution is 2.43. The molecule has 11 heteroatoms. The normalized spacial score (nSPS) is 31.9. The molecule has 0 aromatic heterocycles. The molecule has 0 amide bonds. The molecular weight excluding hydrogens is 728 g/mol. The molecule has 4 saturated heterocycles. The number of rotatable bonds is 15. The summed E-state index contributed by atoms with van der Waals surface area (Å²) >= 11 is 0.